The third-order valence-corrected chi connectivity index (χ3v) is 4.89. The second kappa shape index (κ2) is 8.72. The monoisotopic (exact) mass is 395 g/mol. The zero-order valence-corrected chi connectivity index (χ0v) is 15.7. The van der Waals surface area contributed by atoms with Crippen LogP contribution in [-0.4, -0.2) is 39.1 Å². The lowest BCUT2D eigenvalue weighted by atomic mass is 9.93. The van der Waals surface area contributed by atoms with Crippen LogP contribution in [0.1, 0.15) is 42.9 Å². The van der Waals surface area contributed by atoms with E-state index in [9.17, 15) is 18.0 Å². The second-order valence-corrected chi connectivity index (χ2v) is 7.24. The van der Waals surface area contributed by atoms with Crippen LogP contribution in [0, 0.1) is 12.8 Å². The molecule has 1 saturated heterocycles. The highest BCUT2D eigenvalue weighted by Crippen LogP contribution is 2.30. The van der Waals surface area contributed by atoms with Crippen molar-refractivity contribution in [1.29, 1.82) is 0 Å². The molecule has 1 fully saturated rings. The number of carbonyl (C=O) groups excluding carboxylic acids is 1. The van der Waals surface area contributed by atoms with Gasteiger partial charge in [-0.05, 0) is 62.9 Å². The van der Waals surface area contributed by atoms with Gasteiger partial charge in [-0.3, -0.25) is 14.8 Å². The molecule has 1 aliphatic rings. The van der Waals surface area contributed by atoms with Gasteiger partial charge in [-0.15, -0.1) is 0 Å². The van der Waals surface area contributed by atoms with Crippen molar-refractivity contribution in [3.63, 3.8) is 0 Å². The van der Waals surface area contributed by atoms with Crippen LogP contribution in [-0.2, 0) is 17.5 Å². The Balaban J connectivity index is 1.43. The normalized spacial score (nSPS) is 18.2. The number of piperidine rings is 1. The van der Waals surface area contributed by atoms with Gasteiger partial charge in [-0.2, -0.15) is 18.3 Å². The number of rotatable bonds is 6. The number of nitrogens with zero attached hydrogens (tertiary/aromatic N) is 3. The number of aryl methyl sites for hydroxylation is 1. The molecule has 0 aliphatic carbocycles. The molecule has 0 unspecified atom stereocenters. The van der Waals surface area contributed by atoms with E-state index in [4.69, 9.17) is 0 Å². The van der Waals surface area contributed by atoms with Crippen LogP contribution in [0.2, 0.25) is 0 Å². The molecule has 0 spiro atoms. The minimum atomic E-state index is -4.38. The molecular weight excluding hydrogens is 371 g/mol. The first-order valence-electron chi connectivity index (χ1n) is 9.37. The van der Waals surface area contributed by atoms with Gasteiger partial charge in [-0.1, -0.05) is 0 Å². The fourth-order valence-electron chi connectivity index (χ4n) is 3.49. The number of aromatic nitrogens is 3. The topological polar surface area (TPSA) is 73.9 Å². The molecule has 1 aromatic heterocycles. The molecule has 2 N–H and O–H groups in total. The zero-order valence-electron chi connectivity index (χ0n) is 15.7. The molecule has 28 heavy (non-hydrogen) atoms. The molecule has 1 atom stereocenters. The Bertz CT molecular complexity index is 788. The molecule has 0 radical (unpaired) electrons. The second-order valence-electron chi connectivity index (χ2n) is 7.24. The highest BCUT2D eigenvalue weighted by Gasteiger charge is 2.30. The molecular formula is C19H24F3N5O. The average molecular weight is 395 g/mol. The van der Waals surface area contributed by atoms with Crippen LogP contribution in [0.15, 0.2) is 24.3 Å². The van der Waals surface area contributed by atoms with Crippen molar-refractivity contribution < 1.29 is 18.0 Å². The molecule has 1 aromatic carbocycles. The van der Waals surface area contributed by atoms with Gasteiger partial charge in [0.2, 0.25) is 5.91 Å². The van der Waals surface area contributed by atoms with Gasteiger partial charge in [-0.25, -0.2) is 4.98 Å². The summed E-state index contributed by atoms with van der Waals surface area (Å²) in [6.07, 6.45) is -1.15. The summed E-state index contributed by atoms with van der Waals surface area (Å²) in [5, 5.41) is 9.68. The minimum absolute atomic E-state index is 0.179. The van der Waals surface area contributed by atoms with E-state index in [0.717, 1.165) is 56.1 Å². The first kappa shape index (κ1) is 20.3. The average Bonchev–Trinajstić information content (AvgIpc) is 3.05. The van der Waals surface area contributed by atoms with Gasteiger partial charge >= 0.3 is 6.18 Å². The number of halogens is 3. The molecule has 1 aliphatic heterocycles. The SMILES string of the molecule is Cc1nc(CN2CCC[C@@H](CCC(=O)Nc3ccc(C(F)(F)F)cc3)C2)n[nH]1. The van der Waals surface area contributed by atoms with Crippen molar-refractivity contribution in [2.45, 2.75) is 45.3 Å². The maximum absolute atomic E-state index is 12.6. The summed E-state index contributed by atoms with van der Waals surface area (Å²) in [6, 6.07) is 4.50. The summed E-state index contributed by atoms with van der Waals surface area (Å²) in [5.41, 5.74) is -0.349. The number of hydrogen-bond donors (Lipinski definition) is 2. The Labute approximate surface area is 161 Å². The maximum Gasteiger partial charge on any atom is 0.416 e. The van der Waals surface area contributed by atoms with Crippen molar-refractivity contribution in [2.24, 2.45) is 5.92 Å². The van der Waals surface area contributed by atoms with E-state index in [1.807, 2.05) is 6.92 Å². The van der Waals surface area contributed by atoms with E-state index in [0.29, 0.717) is 24.6 Å². The predicted molar refractivity (Wildman–Crippen MR) is 98.4 cm³/mol. The Hall–Kier alpha value is -2.42. The Morgan fingerprint density at radius 2 is 2.07 bits per heavy atom. The van der Waals surface area contributed by atoms with E-state index in [1.54, 1.807) is 0 Å². The molecule has 9 heteroatoms. The molecule has 6 nitrogen and oxygen atoms in total. The van der Waals surface area contributed by atoms with E-state index >= 15 is 0 Å². The van der Waals surface area contributed by atoms with Crippen molar-refractivity contribution in [3.8, 4) is 0 Å². The van der Waals surface area contributed by atoms with Crippen LogP contribution in [0.3, 0.4) is 0 Å². The number of carbonyl (C=O) groups is 1. The van der Waals surface area contributed by atoms with Crippen molar-refractivity contribution in [2.75, 3.05) is 18.4 Å². The summed E-state index contributed by atoms with van der Waals surface area (Å²) in [4.78, 5) is 18.8. The lowest BCUT2D eigenvalue weighted by Gasteiger charge is -2.31. The number of aromatic amines is 1. The highest BCUT2D eigenvalue weighted by molar-refractivity contribution is 5.90. The summed E-state index contributed by atoms with van der Waals surface area (Å²) in [7, 11) is 0. The maximum atomic E-state index is 12.6. The molecule has 2 heterocycles. The van der Waals surface area contributed by atoms with Gasteiger partial charge < -0.3 is 5.32 Å². The van der Waals surface area contributed by atoms with Gasteiger partial charge in [0.25, 0.3) is 0 Å². The summed E-state index contributed by atoms with van der Waals surface area (Å²) in [6.45, 7) is 4.44. The first-order chi connectivity index (χ1) is 13.3. The summed E-state index contributed by atoms with van der Waals surface area (Å²) >= 11 is 0. The van der Waals surface area contributed by atoms with E-state index < -0.39 is 11.7 Å². The van der Waals surface area contributed by atoms with Crippen LogP contribution in [0.25, 0.3) is 0 Å². The molecule has 0 saturated carbocycles. The third-order valence-electron chi connectivity index (χ3n) is 4.89. The lowest BCUT2D eigenvalue weighted by Crippen LogP contribution is -2.35. The molecule has 3 rings (SSSR count). The van der Waals surface area contributed by atoms with Crippen LogP contribution >= 0.6 is 0 Å². The largest absolute Gasteiger partial charge is 0.416 e. The molecule has 0 bridgehead atoms. The van der Waals surface area contributed by atoms with Gasteiger partial charge in [0.15, 0.2) is 5.82 Å². The number of nitrogens with one attached hydrogen (secondary N) is 2. The summed E-state index contributed by atoms with van der Waals surface area (Å²) in [5.74, 6) is 1.80. The highest BCUT2D eigenvalue weighted by atomic mass is 19.4. The number of amides is 1. The number of likely N-dealkylation sites (tertiary alicyclic amines) is 1. The number of benzene rings is 1. The standard InChI is InChI=1S/C19H24F3N5O/c1-13-23-17(26-25-13)12-27-10-2-3-14(11-27)4-9-18(28)24-16-7-5-15(6-8-16)19(20,21)22/h5-8,14H,2-4,9-12H2,1H3,(H,24,28)(H,23,25,26)/t14-/m0/s1. The number of H-pyrrole nitrogens is 1. The number of anilines is 1. The van der Waals surface area contributed by atoms with E-state index in [2.05, 4.69) is 25.4 Å². The lowest BCUT2D eigenvalue weighted by molar-refractivity contribution is -0.137. The van der Waals surface area contributed by atoms with Crippen molar-refractivity contribution in [1.82, 2.24) is 20.1 Å². The Morgan fingerprint density at radius 3 is 2.71 bits per heavy atom. The first-order valence-corrected chi connectivity index (χ1v) is 9.37. The Morgan fingerprint density at radius 1 is 1.32 bits per heavy atom. The van der Waals surface area contributed by atoms with E-state index in [-0.39, 0.29) is 5.91 Å². The quantitative estimate of drug-likeness (QED) is 0.781. The third kappa shape index (κ3) is 5.79. The molecule has 2 aromatic rings. The number of hydrogen-bond acceptors (Lipinski definition) is 4. The fourth-order valence-corrected chi connectivity index (χ4v) is 3.49. The molecule has 152 valence electrons. The predicted octanol–water partition coefficient (Wildman–Crippen LogP) is 3.76. The van der Waals surface area contributed by atoms with Crippen LogP contribution in [0.5, 0.6) is 0 Å². The van der Waals surface area contributed by atoms with Crippen LogP contribution < -0.4 is 5.32 Å². The number of alkyl halides is 3. The van der Waals surface area contributed by atoms with Gasteiger partial charge in [0.05, 0.1) is 12.1 Å². The summed E-state index contributed by atoms with van der Waals surface area (Å²) < 4.78 is 37.7. The smallest absolute Gasteiger partial charge is 0.326 e. The van der Waals surface area contributed by atoms with E-state index in [1.165, 1.54) is 12.1 Å². The van der Waals surface area contributed by atoms with Gasteiger partial charge in [0.1, 0.15) is 5.82 Å². The minimum Gasteiger partial charge on any atom is -0.326 e. The molecule has 1 amide bonds. The Kier molecular flexibility index (Phi) is 6.33. The van der Waals surface area contributed by atoms with Crippen molar-refractivity contribution in [3.05, 3.63) is 41.5 Å². The zero-order chi connectivity index (χ0) is 20.1. The van der Waals surface area contributed by atoms with Gasteiger partial charge in [0, 0.05) is 18.7 Å². The van der Waals surface area contributed by atoms with Crippen LogP contribution in [0.4, 0.5) is 18.9 Å². The van der Waals surface area contributed by atoms with Crippen molar-refractivity contribution >= 4 is 11.6 Å². The fraction of sp³-hybridized carbons (Fsp3) is 0.526.